The summed E-state index contributed by atoms with van der Waals surface area (Å²) >= 11 is 0. The average molecular weight is 176 g/mol. The van der Waals surface area contributed by atoms with Gasteiger partial charge < -0.3 is 5.73 Å². The van der Waals surface area contributed by atoms with Crippen molar-refractivity contribution in [3.63, 3.8) is 0 Å². The molecule has 0 radical (unpaired) electrons. The molecule has 0 atom stereocenters. The number of carbonyl (C=O) groups is 1. The van der Waals surface area contributed by atoms with Crippen LogP contribution in [-0.4, -0.2) is 10.8 Å². The minimum absolute atomic E-state index is 0.0185. The van der Waals surface area contributed by atoms with Gasteiger partial charge in [-0.3, -0.25) is 4.79 Å². The largest absolute Gasteiger partial charge is 0.383 e. The summed E-state index contributed by atoms with van der Waals surface area (Å²) in [6.07, 6.45) is 1.48. The van der Waals surface area contributed by atoms with E-state index in [2.05, 4.69) is 11.6 Å². The molecule has 2 N–H and O–H groups in total. The number of allylic oxidation sites excluding steroid dienone is 1. The Bertz CT molecular complexity index is 369. The SMILES string of the molecule is C=C(C)c1cc(C(C)=O)cnc1N. The predicted octanol–water partition coefficient (Wildman–Crippen LogP) is 1.90. The van der Waals surface area contributed by atoms with E-state index in [-0.39, 0.29) is 5.78 Å². The lowest BCUT2D eigenvalue weighted by Gasteiger charge is -2.04. The van der Waals surface area contributed by atoms with Crippen LogP contribution >= 0.6 is 0 Å². The van der Waals surface area contributed by atoms with Gasteiger partial charge in [-0.05, 0) is 25.5 Å². The summed E-state index contributed by atoms with van der Waals surface area (Å²) in [5.74, 6) is 0.396. The van der Waals surface area contributed by atoms with Crippen LogP contribution in [0.1, 0.15) is 29.8 Å². The second-order valence-corrected chi connectivity index (χ2v) is 2.99. The van der Waals surface area contributed by atoms with Gasteiger partial charge in [0.2, 0.25) is 0 Å². The summed E-state index contributed by atoms with van der Waals surface area (Å²) in [6.45, 7) is 7.08. The number of nitrogens with zero attached hydrogens (tertiary/aromatic N) is 1. The lowest BCUT2D eigenvalue weighted by Crippen LogP contribution is -2.00. The van der Waals surface area contributed by atoms with Crippen LogP contribution in [0.5, 0.6) is 0 Å². The molecule has 1 aromatic heterocycles. The molecule has 1 aromatic rings. The molecule has 3 nitrogen and oxygen atoms in total. The molecular formula is C10H12N2O. The Labute approximate surface area is 77.3 Å². The molecule has 0 unspecified atom stereocenters. The van der Waals surface area contributed by atoms with Crippen LogP contribution in [0.4, 0.5) is 5.82 Å². The van der Waals surface area contributed by atoms with Gasteiger partial charge in [0.25, 0.3) is 0 Å². The van der Waals surface area contributed by atoms with Crippen molar-refractivity contribution < 1.29 is 4.79 Å². The molecule has 0 amide bonds. The topological polar surface area (TPSA) is 56.0 Å². The normalized spacial score (nSPS) is 9.69. The van der Waals surface area contributed by atoms with Gasteiger partial charge in [0.05, 0.1) is 0 Å². The highest BCUT2D eigenvalue weighted by atomic mass is 16.1. The fourth-order valence-corrected chi connectivity index (χ4v) is 1.01. The number of pyridine rings is 1. The third kappa shape index (κ3) is 1.93. The fourth-order valence-electron chi connectivity index (χ4n) is 1.01. The molecule has 0 saturated carbocycles. The summed E-state index contributed by atoms with van der Waals surface area (Å²) in [7, 11) is 0. The van der Waals surface area contributed by atoms with Gasteiger partial charge >= 0.3 is 0 Å². The predicted molar refractivity (Wildman–Crippen MR) is 53.4 cm³/mol. The number of carbonyl (C=O) groups excluding carboxylic acids is 1. The van der Waals surface area contributed by atoms with Crippen LogP contribution in [0.15, 0.2) is 18.8 Å². The molecular weight excluding hydrogens is 164 g/mol. The van der Waals surface area contributed by atoms with E-state index in [0.717, 1.165) is 11.1 Å². The van der Waals surface area contributed by atoms with E-state index in [1.54, 1.807) is 6.07 Å². The average Bonchev–Trinajstić information content (AvgIpc) is 2.04. The molecule has 0 aliphatic heterocycles. The van der Waals surface area contributed by atoms with Gasteiger partial charge in [0, 0.05) is 17.3 Å². The Balaban J connectivity index is 3.27. The number of Topliss-reactive ketones (excluding diaryl/α,β-unsaturated/α-hetero) is 1. The Kier molecular flexibility index (Phi) is 2.46. The Hall–Kier alpha value is -1.64. The van der Waals surface area contributed by atoms with Crippen molar-refractivity contribution >= 4 is 17.2 Å². The minimum atomic E-state index is -0.0185. The summed E-state index contributed by atoms with van der Waals surface area (Å²) in [5, 5.41) is 0. The van der Waals surface area contributed by atoms with Crippen LogP contribution in [0, 0.1) is 0 Å². The zero-order valence-corrected chi connectivity index (χ0v) is 7.79. The first-order valence-corrected chi connectivity index (χ1v) is 3.94. The molecule has 68 valence electrons. The highest BCUT2D eigenvalue weighted by Gasteiger charge is 2.05. The quantitative estimate of drug-likeness (QED) is 0.700. The first-order valence-electron chi connectivity index (χ1n) is 3.94. The molecule has 3 heteroatoms. The summed E-state index contributed by atoms with van der Waals surface area (Å²) in [6, 6.07) is 1.72. The number of anilines is 1. The van der Waals surface area contributed by atoms with Crippen molar-refractivity contribution in [2.24, 2.45) is 0 Å². The maximum atomic E-state index is 11.0. The third-order valence-electron chi connectivity index (χ3n) is 1.78. The number of hydrogen-bond donors (Lipinski definition) is 1. The third-order valence-corrected chi connectivity index (χ3v) is 1.78. The van der Waals surface area contributed by atoms with E-state index in [1.165, 1.54) is 13.1 Å². The van der Waals surface area contributed by atoms with Crippen LogP contribution in [0.2, 0.25) is 0 Å². The Morgan fingerprint density at radius 3 is 2.62 bits per heavy atom. The smallest absolute Gasteiger partial charge is 0.161 e. The molecule has 13 heavy (non-hydrogen) atoms. The van der Waals surface area contributed by atoms with Crippen LogP contribution in [0.3, 0.4) is 0 Å². The molecule has 0 spiro atoms. The number of nitrogens with two attached hydrogens (primary N) is 1. The van der Waals surface area contributed by atoms with Crippen LogP contribution in [-0.2, 0) is 0 Å². The maximum Gasteiger partial charge on any atom is 0.161 e. The van der Waals surface area contributed by atoms with Gasteiger partial charge in [0.1, 0.15) is 5.82 Å². The molecule has 1 rings (SSSR count). The maximum absolute atomic E-state index is 11.0. The van der Waals surface area contributed by atoms with Crippen molar-refractivity contribution in [1.29, 1.82) is 0 Å². The zero-order valence-electron chi connectivity index (χ0n) is 7.79. The minimum Gasteiger partial charge on any atom is -0.383 e. The molecule has 0 saturated heterocycles. The van der Waals surface area contributed by atoms with Gasteiger partial charge in [-0.25, -0.2) is 4.98 Å². The van der Waals surface area contributed by atoms with Crippen molar-refractivity contribution in [1.82, 2.24) is 4.98 Å². The second-order valence-electron chi connectivity index (χ2n) is 2.99. The van der Waals surface area contributed by atoms with Gasteiger partial charge in [0.15, 0.2) is 5.78 Å². The lowest BCUT2D eigenvalue weighted by molar-refractivity contribution is 0.101. The van der Waals surface area contributed by atoms with Crippen LogP contribution in [0.25, 0.3) is 5.57 Å². The first kappa shape index (κ1) is 9.45. The number of ketones is 1. The number of hydrogen-bond acceptors (Lipinski definition) is 3. The van der Waals surface area contributed by atoms with Crippen LogP contribution < -0.4 is 5.73 Å². The Morgan fingerprint density at radius 2 is 2.15 bits per heavy atom. The molecule has 0 aromatic carbocycles. The van der Waals surface area contributed by atoms with E-state index in [9.17, 15) is 4.79 Å². The monoisotopic (exact) mass is 176 g/mol. The van der Waals surface area contributed by atoms with Gasteiger partial charge in [-0.15, -0.1) is 0 Å². The van der Waals surface area contributed by atoms with E-state index in [0.29, 0.717) is 11.4 Å². The van der Waals surface area contributed by atoms with E-state index in [1.807, 2.05) is 6.92 Å². The van der Waals surface area contributed by atoms with Gasteiger partial charge in [-0.2, -0.15) is 0 Å². The van der Waals surface area contributed by atoms with E-state index >= 15 is 0 Å². The van der Waals surface area contributed by atoms with Crippen molar-refractivity contribution in [3.8, 4) is 0 Å². The van der Waals surface area contributed by atoms with E-state index in [4.69, 9.17) is 5.73 Å². The summed E-state index contributed by atoms with van der Waals surface area (Å²) in [5.41, 5.74) is 7.73. The second kappa shape index (κ2) is 3.39. The molecule has 0 aliphatic carbocycles. The standard InChI is InChI=1S/C10H12N2O/c1-6(2)9-4-8(7(3)13)5-12-10(9)11/h4-5H,1H2,2-3H3,(H2,11,12). The number of nitrogen functional groups attached to an aromatic ring is 1. The zero-order chi connectivity index (χ0) is 10.0. The summed E-state index contributed by atoms with van der Waals surface area (Å²) < 4.78 is 0. The number of aromatic nitrogens is 1. The van der Waals surface area contributed by atoms with Crippen molar-refractivity contribution in [3.05, 3.63) is 30.0 Å². The van der Waals surface area contributed by atoms with Crippen molar-refractivity contribution in [2.75, 3.05) is 5.73 Å². The van der Waals surface area contributed by atoms with Gasteiger partial charge in [-0.1, -0.05) is 6.58 Å². The van der Waals surface area contributed by atoms with E-state index < -0.39 is 0 Å². The number of rotatable bonds is 2. The highest BCUT2D eigenvalue weighted by Crippen LogP contribution is 2.18. The highest BCUT2D eigenvalue weighted by molar-refractivity contribution is 5.95. The summed E-state index contributed by atoms with van der Waals surface area (Å²) in [4.78, 5) is 14.9. The fraction of sp³-hybridized carbons (Fsp3) is 0.200. The molecule has 1 heterocycles. The molecule has 0 bridgehead atoms. The molecule has 0 aliphatic rings. The Morgan fingerprint density at radius 1 is 1.54 bits per heavy atom. The lowest BCUT2D eigenvalue weighted by atomic mass is 10.1. The van der Waals surface area contributed by atoms with Crippen molar-refractivity contribution in [2.45, 2.75) is 13.8 Å². The first-order chi connectivity index (χ1) is 6.02. The molecule has 0 fully saturated rings.